The minimum Gasteiger partial charge on any atom is -0.379 e. The van der Waals surface area contributed by atoms with Gasteiger partial charge < -0.3 is 26.6 Å². The standard InChI is InChI=1S/C26H32FN9O2/c27-18-13-28-11-9-19(18)34-26(38)22-14-30-24-21(31-15-3-4-15)12-23(35-36(22)24)32-16-5-7-17(8-6-16)33-25(37)20-2-1-10-29-20/h9,11-17,20,29,31H,1-8,10H2,(H,32,35)(H,33,37)(H,28,34,38)/t16-,17-,20-/m1/s1. The van der Waals surface area contributed by atoms with E-state index in [1.807, 2.05) is 6.07 Å². The molecule has 3 aromatic heterocycles. The molecule has 0 aromatic carbocycles. The van der Waals surface area contributed by atoms with Crippen LogP contribution in [0.5, 0.6) is 0 Å². The van der Waals surface area contributed by atoms with E-state index in [1.165, 1.54) is 23.0 Å². The number of hydrogen-bond acceptors (Lipinski definition) is 8. The molecule has 6 rings (SSSR count). The number of rotatable bonds is 8. The third-order valence-electron chi connectivity index (χ3n) is 7.46. The van der Waals surface area contributed by atoms with Gasteiger partial charge in [0.25, 0.3) is 5.91 Å². The molecule has 12 heteroatoms. The Morgan fingerprint density at radius 1 is 0.974 bits per heavy atom. The van der Waals surface area contributed by atoms with Crippen molar-refractivity contribution in [3.8, 4) is 0 Å². The van der Waals surface area contributed by atoms with Crippen molar-refractivity contribution in [3.63, 3.8) is 0 Å². The largest absolute Gasteiger partial charge is 0.379 e. The highest BCUT2D eigenvalue weighted by molar-refractivity contribution is 6.03. The third kappa shape index (κ3) is 5.40. The number of halogens is 1. The van der Waals surface area contributed by atoms with Crippen LogP contribution in [0.3, 0.4) is 0 Å². The Bertz CT molecular complexity index is 1330. The van der Waals surface area contributed by atoms with Crippen LogP contribution in [0.1, 0.15) is 61.9 Å². The van der Waals surface area contributed by atoms with Crippen molar-refractivity contribution >= 4 is 34.7 Å². The molecule has 38 heavy (non-hydrogen) atoms. The van der Waals surface area contributed by atoms with Gasteiger partial charge in [0.2, 0.25) is 5.91 Å². The first-order chi connectivity index (χ1) is 18.5. The first kappa shape index (κ1) is 24.5. The summed E-state index contributed by atoms with van der Waals surface area (Å²) in [5.74, 6) is -0.394. The van der Waals surface area contributed by atoms with Gasteiger partial charge in [0, 0.05) is 30.4 Å². The van der Waals surface area contributed by atoms with Gasteiger partial charge in [-0.15, -0.1) is 5.10 Å². The second kappa shape index (κ2) is 10.5. The summed E-state index contributed by atoms with van der Waals surface area (Å²) in [7, 11) is 0. The van der Waals surface area contributed by atoms with Crippen LogP contribution in [0.25, 0.3) is 5.65 Å². The lowest BCUT2D eigenvalue weighted by atomic mass is 9.91. The topological polar surface area (TPSA) is 137 Å². The predicted octanol–water partition coefficient (Wildman–Crippen LogP) is 2.68. The third-order valence-corrected chi connectivity index (χ3v) is 7.46. The average Bonchev–Trinajstić information content (AvgIpc) is 3.37. The highest BCUT2D eigenvalue weighted by atomic mass is 19.1. The maximum absolute atomic E-state index is 14.1. The Labute approximate surface area is 219 Å². The molecule has 3 fully saturated rings. The number of anilines is 3. The summed E-state index contributed by atoms with van der Waals surface area (Å²) < 4.78 is 15.6. The zero-order valence-corrected chi connectivity index (χ0v) is 21.0. The number of hydrogen-bond donors (Lipinski definition) is 5. The van der Waals surface area contributed by atoms with E-state index in [4.69, 9.17) is 0 Å². The SMILES string of the molecule is O=C(Nc1ccncc1F)c1cnc2c(NC3CC3)cc(N[C@H]3CC[C@H](NC(=O)[C@H]4CCCN4)CC3)nn12. The maximum Gasteiger partial charge on any atom is 0.276 e. The molecule has 2 amide bonds. The Kier molecular flexibility index (Phi) is 6.79. The van der Waals surface area contributed by atoms with Crippen LogP contribution >= 0.6 is 0 Å². The van der Waals surface area contributed by atoms with Gasteiger partial charge in [0.05, 0.1) is 29.8 Å². The van der Waals surface area contributed by atoms with Crippen molar-refractivity contribution in [2.24, 2.45) is 0 Å². The van der Waals surface area contributed by atoms with Gasteiger partial charge >= 0.3 is 0 Å². The minimum atomic E-state index is -0.618. The summed E-state index contributed by atoms with van der Waals surface area (Å²) in [5, 5.41) is 20.7. The summed E-state index contributed by atoms with van der Waals surface area (Å²) in [6.07, 6.45) is 11.6. The van der Waals surface area contributed by atoms with E-state index in [0.29, 0.717) is 17.5 Å². The van der Waals surface area contributed by atoms with Crippen molar-refractivity contribution < 1.29 is 14.0 Å². The van der Waals surface area contributed by atoms with Crippen LogP contribution in [-0.4, -0.2) is 62.1 Å². The summed E-state index contributed by atoms with van der Waals surface area (Å²) in [6.45, 7) is 0.907. The molecular formula is C26H32FN9O2. The van der Waals surface area contributed by atoms with Gasteiger partial charge in [-0.25, -0.2) is 13.9 Å². The fourth-order valence-electron chi connectivity index (χ4n) is 5.21. The highest BCUT2D eigenvalue weighted by Gasteiger charge is 2.28. The number of carbonyl (C=O) groups is 2. The van der Waals surface area contributed by atoms with Crippen molar-refractivity contribution in [3.05, 3.63) is 42.2 Å². The predicted molar refractivity (Wildman–Crippen MR) is 141 cm³/mol. The number of aromatic nitrogens is 4. The molecular weight excluding hydrogens is 489 g/mol. The Morgan fingerprint density at radius 3 is 2.47 bits per heavy atom. The lowest BCUT2D eigenvalue weighted by Gasteiger charge is -2.30. The van der Waals surface area contributed by atoms with E-state index in [2.05, 4.69) is 41.7 Å². The lowest BCUT2D eigenvalue weighted by molar-refractivity contribution is -0.123. The van der Waals surface area contributed by atoms with Crippen LogP contribution in [0.4, 0.5) is 21.6 Å². The van der Waals surface area contributed by atoms with Gasteiger partial charge in [-0.2, -0.15) is 0 Å². The van der Waals surface area contributed by atoms with Crippen LogP contribution < -0.4 is 26.6 Å². The van der Waals surface area contributed by atoms with Gasteiger partial charge in [-0.3, -0.25) is 14.6 Å². The summed E-state index contributed by atoms with van der Waals surface area (Å²) >= 11 is 0. The number of imidazole rings is 1. The van der Waals surface area contributed by atoms with E-state index in [9.17, 15) is 14.0 Å². The van der Waals surface area contributed by atoms with Crippen molar-refractivity contribution in [2.45, 2.75) is 75.5 Å². The lowest BCUT2D eigenvalue weighted by Crippen LogP contribution is -2.47. The van der Waals surface area contributed by atoms with Crippen LogP contribution in [0.15, 0.2) is 30.7 Å². The van der Waals surface area contributed by atoms with Gasteiger partial charge in [0.1, 0.15) is 5.82 Å². The van der Waals surface area contributed by atoms with Crippen LogP contribution in [-0.2, 0) is 4.79 Å². The molecule has 0 bridgehead atoms. The maximum atomic E-state index is 14.1. The van der Waals surface area contributed by atoms with Crippen molar-refractivity contribution in [2.75, 3.05) is 22.5 Å². The monoisotopic (exact) mass is 521 g/mol. The zero-order valence-electron chi connectivity index (χ0n) is 21.0. The number of carbonyl (C=O) groups excluding carboxylic acids is 2. The van der Waals surface area contributed by atoms with E-state index in [1.54, 1.807) is 0 Å². The number of pyridine rings is 1. The number of nitrogens with one attached hydrogen (secondary N) is 5. The van der Waals surface area contributed by atoms with Crippen LogP contribution in [0, 0.1) is 5.82 Å². The Morgan fingerprint density at radius 2 is 1.74 bits per heavy atom. The quantitative estimate of drug-likeness (QED) is 0.305. The Balaban J connectivity index is 1.16. The molecule has 1 aliphatic heterocycles. The van der Waals surface area contributed by atoms with Gasteiger partial charge in [0.15, 0.2) is 17.2 Å². The minimum absolute atomic E-state index is 0.0399. The molecule has 5 N–H and O–H groups in total. The average molecular weight is 522 g/mol. The molecule has 200 valence electrons. The van der Waals surface area contributed by atoms with E-state index < -0.39 is 11.7 Å². The van der Waals surface area contributed by atoms with Crippen molar-refractivity contribution in [1.29, 1.82) is 0 Å². The summed E-state index contributed by atoms with van der Waals surface area (Å²) in [6, 6.07) is 4.03. The summed E-state index contributed by atoms with van der Waals surface area (Å²) in [4.78, 5) is 33.7. The first-order valence-corrected chi connectivity index (χ1v) is 13.4. The molecule has 1 atom stereocenters. The van der Waals surface area contributed by atoms with Crippen molar-refractivity contribution in [1.82, 2.24) is 30.2 Å². The van der Waals surface area contributed by atoms with Crippen LogP contribution in [0.2, 0.25) is 0 Å². The summed E-state index contributed by atoms with van der Waals surface area (Å²) in [5.41, 5.74) is 1.57. The van der Waals surface area contributed by atoms with Gasteiger partial charge in [-0.05, 0) is 64.0 Å². The molecule has 0 radical (unpaired) electrons. The molecule has 0 unspecified atom stereocenters. The molecule has 3 aromatic rings. The molecule has 4 heterocycles. The zero-order chi connectivity index (χ0) is 26.1. The number of nitrogens with zero attached hydrogens (tertiary/aromatic N) is 4. The Hall–Kier alpha value is -3.80. The smallest absolute Gasteiger partial charge is 0.276 e. The van der Waals surface area contributed by atoms with E-state index in [-0.39, 0.29) is 35.4 Å². The molecule has 11 nitrogen and oxygen atoms in total. The first-order valence-electron chi connectivity index (χ1n) is 13.4. The molecule has 2 aliphatic carbocycles. The fraction of sp³-hybridized carbons (Fsp3) is 0.500. The molecule has 2 saturated carbocycles. The second-order valence-corrected chi connectivity index (χ2v) is 10.4. The number of amides is 2. The molecule has 1 saturated heterocycles. The van der Waals surface area contributed by atoms with Gasteiger partial charge in [-0.1, -0.05) is 0 Å². The fourth-order valence-corrected chi connectivity index (χ4v) is 5.21. The molecule has 0 spiro atoms. The second-order valence-electron chi connectivity index (χ2n) is 10.4. The molecule has 3 aliphatic rings. The normalized spacial score (nSPS) is 23.2. The number of fused-ring (bicyclic) bond motifs is 1. The van der Waals surface area contributed by atoms with E-state index in [0.717, 1.165) is 69.8 Å². The van der Waals surface area contributed by atoms with E-state index >= 15 is 0 Å². The highest BCUT2D eigenvalue weighted by Crippen LogP contribution is 2.30.